The smallest absolute Gasteiger partial charge is 0.323 e. The van der Waals surface area contributed by atoms with Crippen LogP contribution < -0.4 is 11.3 Å². The van der Waals surface area contributed by atoms with E-state index >= 15 is 0 Å². The predicted molar refractivity (Wildman–Crippen MR) is 44.2 cm³/mol. The molecule has 4 N–H and O–H groups in total. The highest BCUT2D eigenvalue weighted by atomic mass is 16.3. The van der Waals surface area contributed by atoms with E-state index in [4.69, 9.17) is 10.9 Å². The summed E-state index contributed by atoms with van der Waals surface area (Å²) >= 11 is 0. The van der Waals surface area contributed by atoms with Crippen molar-refractivity contribution in [2.24, 2.45) is 5.84 Å². The zero-order valence-electron chi connectivity index (χ0n) is 7.19. The zero-order chi connectivity index (χ0) is 9.84. The summed E-state index contributed by atoms with van der Waals surface area (Å²) in [6.07, 6.45) is 0.678. The van der Waals surface area contributed by atoms with Crippen LogP contribution in [-0.2, 0) is 9.59 Å². The van der Waals surface area contributed by atoms with E-state index in [1.54, 1.807) is 5.43 Å². The number of hydrazine groups is 1. The Labute approximate surface area is 75.7 Å². The monoisotopic (exact) mass is 187 g/mol. The summed E-state index contributed by atoms with van der Waals surface area (Å²) in [6, 6.07) is 0. The molecule has 6 heteroatoms. The molecule has 74 valence electrons. The second-order valence-corrected chi connectivity index (χ2v) is 3.00. The van der Waals surface area contributed by atoms with Gasteiger partial charge in [0, 0.05) is 13.1 Å². The summed E-state index contributed by atoms with van der Waals surface area (Å²) in [5, 5.41) is 9.14. The van der Waals surface area contributed by atoms with E-state index in [1.807, 2.05) is 0 Å². The number of nitrogens with two attached hydrogens (primary N) is 1. The average Bonchev–Trinajstić information content (AvgIpc) is 2.17. The topological polar surface area (TPSA) is 95.7 Å². The minimum atomic E-state index is -0.809. The molecule has 0 aromatic heterocycles. The molecule has 0 aromatic carbocycles. The molecule has 1 saturated heterocycles. The molecule has 0 atom stereocenters. The van der Waals surface area contributed by atoms with Crippen molar-refractivity contribution in [3.8, 4) is 0 Å². The fourth-order valence-corrected chi connectivity index (χ4v) is 1.27. The van der Waals surface area contributed by atoms with Crippen LogP contribution in [0, 0.1) is 0 Å². The van der Waals surface area contributed by atoms with E-state index in [9.17, 15) is 9.59 Å². The number of carbonyl (C=O) groups is 2. The van der Waals surface area contributed by atoms with Gasteiger partial charge in [0.05, 0.1) is 6.10 Å². The van der Waals surface area contributed by atoms with E-state index < -0.39 is 11.8 Å². The molecule has 6 nitrogen and oxygen atoms in total. The Morgan fingerprint density at radius 3 is 2.38 bits per heavy atom. The maximum absolute atomic E-state index is 11.2. The van der Waals surface area contributed by atoms with Crippen LogP contribution in [-0.4, -0.2) is 41.0 Å². The molecule has 0 spiro atoms. The average molecular weight is 187 g/mol. The SMILES string of the molecule is NNC(=O)C(=O)N1CCC(O)CC1. The van der Waals surface area contributed by atoms with E-state index in [2.05, 4.69) is 0 Å². The van der Waals surface area contributed by atoms with Gasteiger partial charge in [0.15, 0.2) is 0 Å². The first-order valence-corrected chi connectivity index (χ1v) is 4.13. The number of amides is 2. The van der Waals surface area contributed by atoms with Gasteiger partial charge >= 0.3 is 11.8 Å². The molecular formula is C7H13N3O3. The number of aliphatic hydroxyl groups is 1. The van der Waals surface area contributed by atoms with Crippen molar-refractivity contribution in [1.29, 1.82) is 0 Å². The number of nitrogens with one attached hydrogen (secondary N) is 1. The van der Waals surface area contributed by atoms with Gasteiger partial charge < -0.3 is 10.0 Å². The Morgan fingerprint density at radius 2 is 1.92 bits per heavy atom. The van der Waals surface area contributed by atoms with Crippen molar-refractivity contribution in [2.45, 2.75) is 18.9 Å². The largest absolute Gasteiger partial charge is 0.393 e. The lowest BCUT2D eigenvalue weighted by Gasteiger charge is -2.28. The van der Waals surface area contributed by atoms with Crippen molar-refractivity contribution in [3.63, 3.8) is 0 Å². The van der Waals surface area contributed by atoms with E-state index in [0.717, 1.165) is 0 Å². The van der Waals surface area contributed by atoms with Gasteiger partial charge in [-0.3, -0.25) is 15.0 Å². The molecule has 2 amide bonds. The summed E-state index contributed by atoms with van der Waals surface area (Å²) < 4.78 is 0. The quantitative estimate of drug-likeness (QED) is 0.176. The van der Waals surface area contributed by atoms with E-state index in [0.29, 0.717) is 25.9 Å². The number of aliphatic hydroxyl groups excluding tert-OH is 1. The van der Waals surface area contributed by atoms with Gasteiger partial charge in [-0.25, -0.2) is 5.84 Å². The normalized spacial score (nSPS) is 18.5. The Morgan fingerprint density at radius 1 is 1.38 bits per heavy atom. The fraction of sp³-hybridized carbons (Fsp3) is 0.714. The summed E-state index contributed by atoms with van der Waals surface area (Å²) in [7, 11) is 0. The molecule has 13 heavy (non-hydrogen) atoms. The van der Waals surface area contributed by atoms with Crippen LogP contribution in [0.2, 0.25) is 0 Å². The molecule has 1 fully saturated rings. The van der Waals surface area contributed by atoms with Crippen LogP contribution in [0.3, 0.4) is 0 Å². The van der Waals surface area contributed by atoms with Gasteiger partial charge in [-0.05, 0) is 12.8 Å². The Balaban J connectivity index is 2.44. The highest BCUT2D eigenvalue weighted by Crippen LogP contribution is 2.09. The molecule has 1 aliphatic rings. The lowest BCUT2D eigenvalue weighted by Crippen LogP contribution is -2.48. The maximum Gasteiger partial charge on any atom is 0.323 e. The molecule has 0 bridgehead atoms. The minimum Gasteiger partial charge on any atom is -0.393 e. The molecule has 1 aliphatic heterocycles. The number of rotatable bonds is 0. The van der Waals surface area contributed by atoms with Crippen LogP contribution in [0.4, 0.5) is 0 Å². The molecular weight excluding hydrogens is 174 g/mol. The minimum absolute atomic E-state index is 0.356. The number of nitrogens with zero attached hydrogens (tertiary/aromatic N) is 1. The van der Waals surface area contributed by atoms with Gasteiger partial charge in [0.25, 0.3) is 0 Å². The van der Waals surface area contributed by atoms with E-state index in [-0.39, 0.29) is 6.10 Å². The van der Waals surface area contributed by atoms with Crippen molar-refractivity contribution >= 4 is 11.8 Å². The lowest BCUT2D eigenvalue weighted by molar-refractivity contribution is -0.147. The standard InChI is InChI=1S/C7H13N3O3/c8-9-6(12)7(13)10-3-1-5(11)2-4-10/h5,11H,1-4,8H2,(H,9,12). The van der Waals surface area contributed by atoms with Crippen LogP contribution in [0.15, 0.2) is 0 Å². The first kappa shape index (κ1) is 9.94. The summed E-state index contributed by atoms with van der Waals surface area (Å²) in [6.45, 7) is 0.820. The third-order valence-corrected chi connectivity index (χ3v) is 2.08. The summed E-state index contributed by atoms with van der Waals surface area (Å²) in [5.74, 6) is 3.37. The summed E-state index contributed by atoms with van der Waals surface area (Å²) in [4.78, 5) is 23.4. The molecule has 0 unspecified atom stereocenters. The van der Waals surface area contributed by atoms with Crippen molar-refractivity contribution in [1.82, 2.24) is 10.3 Å². The van der Waals surface area contributed by atoms with E-state index in [1.165, 1.54) is 4.90 Å². The maximum atomic E-state index is 11.2. The van der Waals surface area contributed by atoms with Gasteiger partial charge in [0.1, 0.15) is 0 Å². The van der Waals surface area contributed by atoms with Crippen molar-refractivity contribution in [2.75, 3.05) is 13.1 Å². The number of hydrogen-bond donors (Lipinski definition) is 3. The Hall–Kier alpha value is -1.14. The molecule has 0 saturated carbocycles. The first-order valence-electron chi connectivity index (χ1n) is 4.13. The van der Waals surface area contributed by atoms with Crippen molar-refractivity contribution < 1.29 is 14.7 Å². The van der Waals surface area contributed by atoms with Gasteiger partial charge in [0.2, 0.25) is 0 Å². The lowest BCUT2D eigenvalue weighted by atomic mass is 10.1. The second-order valence-electron chi connectivity index (χ2n) is 3.00. The van der Waals surface area contributed by atoms with Gasteiger partial charge in [-0.1, -0.05) is 0 Å². The molecule has 0 aromatic rings. The predicted octanol–water partition coefficient (Wildman–Crippen LogP) is -2.04. The highest BCUT2D eigenvalue weighted by molar-refractivity contribution is 6.34. The molecule has 1 heterocycles. The fourth-order valence-electron chi connectivity index (χ4n) is 1.27. The Bertz CT molecular complexity index is 211. The number of piperidine rings is 1. The van der Waals surface area contributed by atoms with Gasteiger partial charge in [-0.2, -0.15) is 0 Å². The van der Waals surface area contributed by atoms with Crippen LogP contribution in [0.5, 0.6) is 0 Å². The summed E-state index contributed by atoms with van der Waals surface area (Å²) in [5.41, 5.74) is 1.78. The number of carbonyl (C=O) groups excluding carboxylic acids is 2. The highest BCUT2D eigenvalue weighted by Gasteiger charge is 2.25. The first-order chi connectivity index (χ1) is 6.15. The Kier molecular flexibility index (Phi) is 3.21. The molecule has 0 radical (unpaired) electrons. The van der Waals surface area contributed by atoms with Crippen LogP contribution in [0.25, 0.3) is 0 Å². The van der Waals surface area contributed by atoms with Crippen LogP contribution >= 0.6 is 0 Å². The number of hydrogen-bond acceptors (Lipinski definition) is 4. The molecule has 0 aliphatic carbocycles. The zero-order valence-corrected chi connectivity index (χ0v) is 7.19. The van der Waals surface area contributed by atoms with Crippen molar-refractivity contribution in [3.05, 3.63) is 0 Å². The molecule has 1 rings (SSSR count). The van der Waals surface area contributed by atoms with Gasteiger partial charge in [-0.15, -0.1) is 0 Å². The second kappa shape index (κ2) is 4.20. The third-order valence-electron chi connectivity index (χ3n) is 2.08. The number of likely N-dealkylation sites (tertiary alicyclic amines) is 1. The van der Waals surface area contributed by atoms with Crippen LogP contribution in [0.1, 0.15) is 12.8 Å². The third kappa shape index (κ3) is 2.40.